The number of hydrogen-bond donors (Lipinski definition) is 3. The number of imidazole rings is 1. The molecule has 0 aliphatic carbocycles. The SMILES string of the molecule is CNCCOCCc1ccc2[nH]c(=O)[nH]c2c1. The Kier molecular flexibility index (Phi) is 3.95. The van der Waals surface area contributed by atoms with Crippen LogP contribution in [0.1, 0.15) is 5.56 Å². The van der Waals surface area contributed by atoms with E-state index in [4.69, 9.17) is 4.74 Å². The summed E-state index contributed by atoms with van der Waals surface area (Å²) < 4.78 is 5.45. The van der Waals surface area contributed by atoms with Gasteiger partial charge in [-0.3, -0.25) is 0 Å². The zero-order valence-electron chi connectivity index (χ0n) is 9.88. The highest BCUT2D eigenvalue weighted by atomic mass is 16.5. The first-order valence-electron chi connectivity index (χ1n) is 5.73. The molecule has 5 nitrogen and oxygen atoms in total. The number of hydrogen-bond acceptors (Lipinski definition) is 3. The molecule has 0 aliphatic heterocycles. The Morgan fingerprint density at radius 3 is 2.88 bits per heavy atom. The molecule has 0 fully saturated rings. The molecular weight excluding hydrogens is 218 g/mol. The summed E-state index contributed by atoms with van der Waals surface area (Å²) in [7, 11) is 1.90. The summed E-state index contributed by atoms with van der Waals surface area (Å²) in [6.07, 6.45) is 0.854. The molecule has 3 N–H and O–H groups in total. The van der Waals surface area contributed by atoms with Gasteiger partial charge in [-0.15, -0.1) is 0 Å². The van der Waals surface area contributed by atoms with E-state index < -0.39 is 0 Å². The van der Waals surface area contributed by atoms with Crippen LogP contribution in [0.5, 0.6) is 0 Å². The first-order chi connectivity index (χ1) is 8.29. The normalized spacial score (nSPS) is 11.1. The van der Waals surface area contributed by atoms with Crippen LogP contribution in [-0.4, -0.2) is 36.8 Å². The fourth-order valence-electron chi connectivity index (χ4n) is 1.70. The summed E-state index contributed by atoms with van der Waals surface area (Å²) in [5.41, 5.74) is 2.69. The molecule has 0 aliphatic rings. The van der Waals surface area contributed by atoms with Crippen LogP contribution < -0.4 is 11.0 Å². The second-order valence-electron chi connectivity index (χ2n) is 3.92. The summed E-state index contributed by atoms with van der Waals surface area (Å²) in [4.78, 5) is 16.6. The van der Waals surface area contributed by atoms with Crippen molar-refractivity contribution in [3.8, 4) is 0 Å². The van der Waals surface area contributed by atoms with Gasteiger partial charge in [-0.05, 0) is 31.2 Å². The number of aromatic nitrogens is 2. The number of likely N-dealkylation sites (N-methyl/N-ethyl adjacent to an activating group) is 1. The van der Waals surface area contributed by atoms with Crippen LogP contribution in [0.4, 0.5) is 0 Å². The molecule has 17 heavy (non-hydrogen) atoms. The topological polar surface area (TPSA) is 69.9 Å². The van der Waals surface area contributed by atoms with Crippen molar-refractivity contribution in [1.82, 2.24) is 15.3 Å². The molecular formula is C12H17N3O2. The fourth-order valence-corrected chi connectivity index (χ4v) is 1.70. The van der Waals surface area contributed by atoms with Gasteiger partial charge in [0.15, 0.2) is 0 Å². The van der Waals surface area contributed by atoms with E-state index in [2.05, 4.69) is 15.3 Å². The summed E-state index contributed by atoms with van der Waals surface area (Å²) in [6, 6.07) is 5.90. The highest BCUT2D eigenvalue weighted by Crippen LogP contribution is 2.10. The van der Waals surface area contributed by atoms with Crippen molar-refractivity contribution in [2.45, 2.75) is 6.42 Å². The maximum atomic E-state index is 11.1. The van der Waals surface area contributed by atoms with Crippen molar-refractivity contribution >= 4 is 11.0 Å². The van der Waals surface area contributed by atoms with Crippen molar-refractivity contribution in [2.24, 2.45) is 0 Å². The van der Waals surface area contributed by atoms with Gasteiger partial charge in [0.1, 0.15) is 0 Å². The Morgan fingerprint density at radius 2 is 2.06 bits per heavy atom. The third-order valence-corrected chi connectivity index (χ3v) is 2.61. The maximum Gasteiger partial charge on any atom is 0.323 e. The summed E-state index contributed by atoms with van der Waals surface area (Å²) in [5.74, 6) is 0. The molecule has 0 amide bonds. The van der Waals surface area contributed by atoms with Gasteiger partial charge in [-0.2, -0.15) is 0 Å². The number of rotatable bonds is 6. The molecule has 0 unspecified atom stereocenters. The Labute approximate surface area is 99.2 Å². The van der Waals surface area contributed by atoms with Crippen molar-refractivity contribution in [3.63, 3.8) is 0 Å². The van der Waals surface area contributed by atoms with E-state index in [1.54, 1.807) is 0 Å². The van der Waals surface area contributed by atoms with Crippen LogP contribution in [-0.2, 0) is 11.2 Å². The lowest BCUT2D eigenvalue weighted by atomic mass is 10.1. The van der Waals surface area contributed by atoms with Crippen LogP contribution in [0.15, 0.2) is 23.0 Å². The van der Waals surface area contributed by atoms with Gasteiger partial charge in [0.2, 0.25) is 0 Å². The lowest BCUT2D eigenvalue weighted by molar-refractivity contribution is 0.140. The van der Waals surface area contributed by atoms with Crippen molar-refractivity contribution in [3.05, 3.63) is 34.2 Å². The van der Waals surface area contributed by atoms with Gasteiger partial charge in [-0.25, -0.2) is 4.79 Å². The largest absolute Gasteiger partial charge is 0.380 e. The molecule has 1 heterocycles. The van der Waals surface area contributed by atoms with Gasteiger partial charge >= 0.3 is 5.69 Å². The molecule has 2 rings (SSSR count). The number of ether oxygens (including phenoxy) is 1. The standard InChI is InChI=1S/C12H17N3O2/c1-13-5-7-17-6-4-9-2-3-10-11(8-9)15-12(16)14-10/h2-3,8,13H,4-7H2,1H3,(H2,14,15,16). The Morgan fingerprint density at radius 1 is 1.24 bits per heavy atom. The van der Waals surface area contributed by atoms with Crippen molar-refractivity contribution in [1.29, 1.82) is 0 Å². The first kappa shape index (κ1) is 11.9. The Hall–Kier alpha value is -1.59. The van der Waals surface area contributed by atoms with E-state index in [1.165, 1.54) is 0 Å². The third kappa shape index (κ3) is 3.18. The molecule has 1 aromatic heterocycles. The highest BCUT2D eigenvalue weighted by molar-refractivity contribution is 5.74. The fraction of sp³-hybridized carbons (Fsp3) is 0.417. The van der Waals surface area contributed by atoms with E-state index in [-0.39, 0.29) is 5.69 Å². The maximum absolute atomic E-state index is 11.1. The van der Waals surface area contributed by atoms with E-state index in [1.807, 2.05) is 25.2 Å². The van der Waals surface area contributed by atoms with Crippen LogP contribution >= 0.6 is 0 Å². The van der Waals surface area contributed by atoms with Crippen LogP contribution in [0.3, 0.4) is 0 Å². The summed E-state index contributed by atoms with van der Waals surface area (Å²) in [6.45, 7) is 2.28. The minimum Gasteiger partial charge on any atom is -0.380 e. The van der Waals surface area contributed by atoms with Gasteiger partial charge in [0, 0.05) is 6.54 Å². The van der Waals surface area contributed by atoms with Crippen LogP contribution in [0.25, 0.3) is 11.0 Å². The number of aromatic amines is 2. The second kappa shape index (κ2) is 5.65. The van der Waals surface area contributed by atoms with E-state index in [0.29, 0.717) is 6.61 Å². The minimum absolute atomic E-state index is 0.164. The van der Waals surface area contributed by atoms with E-state index in [9.17, 15) is 4.79 Å². The quantitative estimate of drug-likeness (QED) is 0.643. The molecule has 0 saturated carbocycles. The number of nitrogens with one attached hydrogen (secondary N) is 3. The molecule has 2 aromatic rings. The second-order valence-corrected chi connectivity index (χ2v) is 3.92. The van der Waals surface area contributed by atoms with Gasteiger partial charge in [-0.1, -0.05) is 6.07 Å². The zero-order valence-corrected chi connectivity index (χ0v) is 9.88. The average molecular weight is 235 g/mol. The molecule has 1 aromatic carbocycles. The number of H-pyrrole nitrogens is 2. The molecule has 0 spiro atoms. The van der Waals surface area contributed by atoms with E-state index in [0.717, 1.165) is 36.2 Å². The highest BCUT2D eigenvalue weighted by Gasteiger charge is 1.99. The lowest BCUT2D eigenvalue weighted by Crippen LogP contribution is -2.15. The summed E-state index contributed by atoms with van der Waals surface area (Å²) in [5, 5.41) is 3.02. The predicted octanol–water partition coefficient (Wildman–Crippen LogP) is 0.635. The van der Waals surface area contributed by atoms with Gasteiger partial charge < -0.3 is 20.0 Å². The first-order valence-corrected chi connectivity index (χ1v) is 5.73. The van der Waals surface area contributed by atoms with Crippen LogP contribution in [0.2, 0.25) is 0 Å². The van der Waals surface area contributed by atoms with Crippen molar-refractivity contribution in [2.75, 3.05) is 26.8 Å². The monoisotopic (exact) mass is 235 g/mol. The van der Waals surface area contributed by atoms with Crippen molar-refractivity contribution < 1.29 is 4.74 Å². The lowest BCUT2D eigenvalue weighted by Gasteiger charge is -2.04. The number of benzene rings is 1. The average Bonchev–Trinajstić information content (AvgIpc) is 2.68. The van der Waals surface area contributed by atoms with Gasteiger partial charge in [0.25, 0.3) is 0 Å². The minimum atomic E-state index is -0.164. The smallest absolute Gasteiger partial charge is 0.323 e. The van der Waals surface area contributed by atoms with Gasteiger partial charge in [0.05, 0.1) is 24.2 Å². The Bertz CT molecular complexity index is 530. The molecule has 92 valence electrons. The molecule has 5 heteroatoms. The predicted molar refractivity (Wildman–Crippen MR) is 67.4 cm³/mol. The molecule has 0 saturated heterocycles. The molecule has 0 radical (unpaired) electrons. The summed E-state index contributed by atoms with van der Waals surface area (Å²) >= 11 is 0. The van der Waals surface area contributed by atoms with Crippen LogP contribution in [0, 0.1) is 0 Å². The van der Waals surface area contributed by atoms with E-state index >= 15 is 0 Å². The number of fused-ring (bicyclic) bond motifs is 1. The Balaban J connectivity index is 1.92. The third-order valence-electron chi connectivity index (χ3n) is 2.61. The zero-order chi connectivity index (χ0) is 12.1. The molecule has 0 bridgehead atoms. The molecule has 0 atom stereocenters.